The second-order valence-corrected chi connectivity index (χ2v) is 4.45. The van der Waals surface area contributed by atoms with Gasteiger partial charge in [0.25, 0.3) is 0 Å². The van der Waals surface area contributed by atoms with Crippen molar-refractivity contribution in [2.45, 2.75) is 17.0 Å². The van der Waals surface area contributed by atoms with Crippen molar-refractivity contribution in [2.24, 2.45) is 7.05 Å². The number of aromatic carboxylic acids is 1. The van der Waals surface area contributed by atoms with Gasteiger partial charge in [0.05, 0.1) is 5.69 Å². The van der Waals surface area contributed by atoms with Crippen LogP contribution < -0.4 is 0 Å². The van der Waals surface area contributed by atoms with Crippen molar-refractivity contribution in [1.29, 1.82) is 0 Å². The molecule has 0 unspecified atom stereocenters. The molecule has 0 bridgehead atoms. The Bertz CT molecular complexity index is 550. The summed E-state index contributed by atoms with van der Waals surface area (Å²) in [6.07, 6.45) is 0. The molecule has 0 aliphatic rings. The third kappa shape index (κ3) is 2.62. The molecule has 0 spiro atoms. The van der Waals surface area contributed by atoms with Crippen LogP contribution in [0.25, 0.3) is 0 Å². The predicted molar refractivity (Wildman–Crippen MR) is 61.1 cm³/mol. The van der Waals surface area contributed by atoms with Gasteiger partial charge in [-0.1, -0.05) is 0 Å². The quantitative estimate of drug-likeness (QED) is 0.886. The maximum atomic E-state index is 10.6. The van der Waals surface area contributed by atoms with Gasteiger partial charge in [-0.05, 0) is 36.9 Å². The van der Waals surface area contributed by atoms with Crippen molar-refractivity contribution >= 4 is 17.7 Å². The lowest BCUT2D eigenvalue weighted by atomic mass is 10.4. The molecule has 0 aliphatic heterocycles. The van der Waals surface area contributed by atoms with E-state index in [0.29, 0.717) is 5.03 Å². The molecule has 0 radical (unpaired) electrons. The van der Waals surface area contributed by atoms with Gasteiger partial charge in [-0.15, -0.1) is 10.2 Å². The van der Waals surface area contributed by atoms with Crippen LogP contribution in [-0.2, 0) is 7.05 Å². The van der Waals surface area contributed by atoms with E-state index in [1.807, 2.05) is 20.0 Å². The fourth-order valence-electron chi connectivity index (χ4n) is 1.28. The second kappa shape index (κ2) is 4.54. The number of carbonyl (C=O) groups is 1. The molecule has 2 rings (SSSR count). The Hall–Kier alpha value is -1.89. The van der Waals surface area contributed by atoms with Crippen LogP contribution in [0.1, 0.15) is 16.2 Å². The third-order valence-corrected chi connectivity index (χ3v) is 3.05. The summed E-state index contributed by atoms with van der Waals surface area (Å²) < 4.78 is 1.74. The first-order valence-corrected chi connectivity index (χ1v) is 5.63. The SMILES string of the molecule is Cc1cc(Sc2ccc(C(=O)O)nn2)n(C)n1. The van der Waals surface area contributed by atoms with Gasteiger partial charge < -0.3 is 5.11 Å². The topological polar surface area (TPSA) is 80.9 Å². The maximum Gasteiger partial charge on any atom is 0.356 e. The summed E-state index contributed by atoms with van der Waals surface area (Å²) in [4.78, 5) is 10.6. The average Bonchev–Trinajstić information content (AvgIpc) is 2.58. The molecule has 1 N–H and O–H groups in total. The molecule has 7 heteroatoms. The lowest BCUT2D eigenvalue weighted by molar-refractivity contribution is 0.0689. The number of rotatable bonds is 3. The van der Waals surface area contributed by atoms with Crippen molar-refractivity contribution in [3.05, 3.63) is 29.6 Å². The first-order chi connectivity index (χ1) is 8.06. The summed E-state index contributed by atoms with van der Waals surface area (Å²) >= 11 is 1.39. The fraction of sp³-hybridized carbons (Fsp3) is 0.200. The number of hydrogen-bond donors (Lipinski definition) is 1. The van der Waals surface area contributed by atoms with Gasteiger partial charge in [0.15, 0.2) is 5.69 Å². The molecule has 0 saturated heterocycles. The van der Waals surface area contributed by atoms with Gasteiger partial charge in [0, 0.05) is 7.05 Å². The molecule has 0 saturated carbocycles. The highest BCUT2D eigenvalue weighted by atomic mass is 32.2. The first kappa shape index (κ1) is 11.6. The first-order valence-electron chi connectivity index (χ1n) is 4.82. The van der Waals surface area contributed by atoms with E-state index in [2.05, 4.69) is 15.3 Å². The highest BCUT2D eigenvalue weighted by Gasteiger charge is 2.08. The Kier molecular flexibility index (Phi) is 3.10. The van der Waals surface area contributed by atoms with E-state index in [4.69, 9.17) is 5.11 Å². The van der Waals surface area contributed by atoms with E-state index in [1.54, 1.807) is 10.7 Å². The molecular formula is C10H10N4O2S. The molecule has 2 aromatic rings. The van der Waals surface area contributed by atoms with Crippen molar-refractivity contribution < 1.29 is 9.90 Å². The van der Waals surface area contributed by atoms with Crippen LogP contribution in [-0.4, -0.2) is 31.1 Å². The van der Waals surface area contributed by atoms with E-state index < -0.39 is 5.97 Å². The molecule has 0 fully saturated rings. The van der Waals surface area contributed by atoms with Crippen LogP contribution >= 0.6 is 11.8 Å². The number of carboxylic acids is 1. The van der Waals surface area contributed by atoms with Crippen molar-refractivity contribution in [3.63, 3.8) is 0 Å². The van der Waals surface area contributed by atoms with Crippen LogP contribution in [0.15, 0.2) is 28.3 Å². The minimum atomic E-state index is -1.08. The van der Waals surface area contributed by atoms with E-state index in [9.17, 15) is 4.79 Å². The molecule has 2 heterocycles. The number of aryl methyl sites for hydroxylation is 2. The zero-order valence-corrected chi connectivity index (χ0v) is 10.1. The Balaban J connectivity index is 2.19. The minimum Gasteiger partial charge on any atom is -0.476 e. The van der Waals surface area contributed by atoms with Crippen molar-refractivity contribution in [3.8, 4) is 0 Å². The molecule has 0 atom stereocenters. The molecule has 0 amide bonds. The minimum absolute atomic E-state index is 0.0597. The smallest absolute Gasteiger partial charge is 0.356 e. The van der Waals surface area contributed by atoms with E-state index >= 15 is 0 Å². The molecule has 0 aliphatic carbocycles. The molecule has 0 aromatic carbocycles. The lowest BCUT2D eigenvalue weighted by Gasteiger charge is -2.00. The normalized spacial score (nSPS) is 10.5. The van der Waals surface area contributed by atoms with Gasteiger partial charge in [-0.2, -0.15) is 5.10 Å². The Morgan fingerprint density at radius 2 is 2.18 bits per heavy atom. The molecule has 6 nitrogen and oxygen atoms in total. The fourth-order valence-corrected chi connectivity index (χ4v) is 2.11. The molecule has 2 aromatic heterocycles. The van der Waals surface area contributed by atoms with E-state index in [-0.39, 0.29) is 5.69 Å². The van der Waals surface area contributed by atoms with Crippen LogP contribution in [0.3, 0.4) is 0 Å². The van der Waals surface area contributed by atoms with Crippen LogP contribution in [0.5, 0.6) is 0 Å². The highest BCUT2D eigenvalue weighted by molar-refractivity contribution is 7.99. The van der Waals surface area contributed by atoms with Crippen LogP contribution in [0, 0.1) is 6.92 Å². The third-order valence-electron chi connectivity index (χ3n) is 2.03. The molecule has 88 valence electrons. The van der Waals surface area contributed by atoms with Gasteiger partial charge >= 0.3 is 5.97 Å². The standard InChI is InChI=1S/C10H10N4O2S/c1-6-5-9(14(2)13-6)17-8-4-3-7(10(15)16)11-12-8/h3-5H,1-2H3,(H,15,16). The lowest BCUT2D eigenvalue weighted by Crippen LogP contribution is -2.01. The number of nitrogens with zero attached hydrogens (tertiary/aromatic N) is 4. The summed E-state index contributed by atoms with van der Waals surface area (Å²) in [6, 6.07) is 4.99. The van der Waals surface area contributed by atoms with Gasteiger partial charge in [-0.3, -0.25) is 4.68 Å². The number of hydrogen-bond acceptors (Lipinski definition) is 5. The van der Waals surface area contributed by atoms with E-state index in [1.165, 1.54) is 17.8 Å². The van der Waals surface area contributed by atoms with Gasteiger partial charge in [-0.25, -0.2) is 4.79 Å². The number of aromatic nitrogens is 4. The highest BCUT2D eigenvalue weighted by Crippen LogP contribution is 2.25. The summed E-state index contributed by atoms with van der Waals surface area (Å²) in [5.74, 6) is -1.08. The monoisotopic (exact) mass is 250 g/mol. The Morgan fingerprint density at radius 3 is 2.65 bits per heavy atom. The van der Waals surface area contributed by atoms with Gasteiger partial charge in [0.2, 0.25) is 0 Å². The van der Waals surface area contributed by atoms with E-state index in [0.717, 1.165) is 10.7 Å². The van der Waals surface area contributed by atoms with Crippen LogP contribution in [0.2, 0.25) is 0 Å². The van der Waals surface area contributed by atoms with Crippen LogP contribution in [0.4, 0.5) is 0 Å². The zero-order valence-electron chi connectivity index (χ0n) is 9.28. The van der Waals surface area contributed by atoms with Crippen molar-refractivity contribution in [1.82, 2.24) is 20.0 Å². The average molecular weight is 250 g/mol. The summed E-state index contributed by atoms with van der Waals surface area (Å²) in [6.45, 7) is 1.91. The Labute approximate surface area is 102 Å². The maximum absolute atomic E-state index is 10.6. The number of carboxylic acid groups (broad SMARTS) is 1. The largest absolute Gasteiger partial charge is 0.476 e. The summed E-state index contributed by atoms with van der Waals surface area (Å²) in [7, 11) is 1.84. The Morgan fingerprint density at radius 1 is 1.41 bits per heavy atom. The van der Waals surface area contributed by atoms with Gasteiger partial charge in [0.1, 0.15) is 10.1 Å². The zero-order chi connectivity index (χ0) is 12.4. The summed E-state index contributed by atoms with van der Waals surface area (Å²) in [5.41, 5.74) is 0.862. The van der Waals surface area contributed by atoms with Crippen molar-refractivity contribution in [2.75, 3.05) is 0 Å². The molecular weight excluding hydrogens is 240 g/mol. The predicted octanol–water partition coefficient (Wildman–Crippen LogP) is 1.37. The molecule has 17 heavy (non-hydrogen) atoms. The summed E-state index contributed by atoms with van der Waals surface area (Å²) in [5, 5.41) is 21.9. The second-order valence-electron chi connectivity index (χ2n) is 3.41.